The maximum atomic E-state index is 11.6. The number of carbonyl (C=O) groups excluding carboxylic acids is 1. The van der Waals surface area contributed by atoms with Crippen LogP contribution in [0.3, 0.4) is 0 Å². The fraction of sp³-hybridized carbons (Fsp3) is 0.481. The van der Waals surface area contributed by atoms with Gasteiger partial charge in [0.15, 0.2) is 0 Å². The first-order valence-corrected chi connectivity index (χ1v) is 12.0. The van der Waals surface area contributed by atoms with Gasteiger partial charge in [-0.3, -0.25) is 9.69 Å². The molecule has 5 heteroatoms. The molecule has 0 spiro atoms. The van der Waals surface area contributed by atoms with Crippen molar-refractivity contribution in [3.8, 4) is 17.2 Å². The molecule has 0 bridgehead atoms. The number of rotatable bonds is 7. The highest BCUT2D eigenvalue weighted by atomic mass is 16.1. The third-order valence-corrected chi connectivity index (χ3v) is 7.00. The highest BCUT2D eigenvalue weighted by Gasteiger charge is 2.24. The summed E-state index contributed by atoms with van der Waals surface area (Å²) in [5.74, 6) is 0.642. The first kappa shape index (κ1) is 22.4. The van der Waals surface area contributed by atoms with Crippen LogP contribution in [0.25, 0.3) is 11.1 Å². The summed E-state index contributed by atoms with van der Waals surface area (Å²) in [5.41, 5.74) is 3.88. The third kappa shape index (κ3) is 6.11. The molecule has 2 aromatic rings. The van der Waals surface area contributed by atoms with Crippen molar-refractivity contribution in [1.82, 2.24) is 10.2 Å². The number of piperazine rings is 1. The van der Waals surface area contributed by atoms with E-state index < -0.39 is 0 Å². The fourth-order valence-corrected chi connectivity index (χ4v) is 5.05. The topological polar surface area (TPSA) is 59.4 Å². The van der Waals surface area contributed by atoms with Crippen molar-refractivity contribution in [2.45, 2.75) is 44.6 Å². The van der Waals surface area contributed by atoms with Crippen molar-refractivity contribution in [3.63, 3.8) is 0 Å². The Balaban J connectivity index is 1.19. The van der Waals surface area contributed by atoms with Gasteiger partial charge in [-0.2, -0.15) is 5.26 Å². The van der Waals surface area contributed by atoms with E-state index in [9.17, 15) is 4.79 Å². The summed E-state index contributed by atoms with van der Waals surface area (Å²) >= 11 is 0. The second-order valence-corrected chi connectivity index (χ2v) is 9.15. The summed E-state index contributed by atoms with van der Waals surface area (Å²) in [6.45, 7) is 5.57. The average Bonchev–Trinajstić information content (AvgIpc) is 2.85. The second-order valence-electron chi connectivity index (χ2n) is 9.15. The first-order chi connectivity index (χ1) is 15.7. The number of anilines is 1. The molecular weight excluding hydrogens is 396 g/mol. The first-order valence-electron chi connectivity index (χ1n) is 12.0. The summed E-state index contributed by atoms with van der Waals surface area (Å²) in [5, 5.41) is 11.6. The van der Waals surface area contributed by atoms with Crippen molar-refractivity contribution < 1.29 is 4.79 Å². The lowest BCUT2D eigenvalue weighted by Gasteiger charge is -2.37. The highest BCUT2D eigenvalue weighted by Crippen LogP contribution is 2.28. The van der Waals surface area contributed by atoms with Crippen LogP contribution in [0.15, 0.2) is 54.6 Å². The summed E-state index contributed by atoms with van der Waals surface area (Å²) in [6, 6.07) is 21.7. The van der Waals surface area contributed by atoms with Gasteiger partial charge in [0.1, 0.15) is 6.42 Å². The van der Waals surface area contributed by atoms with Crippen LogP contribution in [0.2, 0.25) is 0 Å². The van der Waals surface area contributed by atoms with E-state index in [4.69, 9.17) is 5.26 Å². The molecular formula is C27H34N4O. The molecule has 1 amide bonds. The Hall–Kier alpha value is -2.84. The summed E-state index contributed by atoms with van der Waals surface area (Å²) in [6.07, 6.45) is 5.69. The van der Waals surface area contributed by atoms with E-state index in [-0.39, 0.29) is 18.4 Å². The lowest BCUT2D eigenvalue weighted by Crippen LogP contribution is -2.47. The normalized spacial score (nSPS) is 21.7. The Kier molecular flexibility index (Phi) is 7.79. The van der Waals surface area contributed by atoms with Gasteiger partial charge < -0.3 is 10.2 Å². The molecule has 1 N–H and O–H groups in total. The SMILES string of the molecule is N#CCC(=O)N[C@H]1CC[C@H](CCN2CCN(c3cccc(-c4ccccc4)c3)CC2)CC1. The van der Waals surface area contributed by atoms with E-state index >= 15 is 0 Å². The lowest BCUT2D eigenvalue weighted by atomic mass is 9.84. The van der Waals surface area contributed by atoms with Crippen LogP contribution in [0.1, 0.15) is 38.5 Å². The summed E-state index contributed by atoms with van der Waals surface area (Å²) < 4.78 is 0. The Morgan fingerprint density at radius 2 is 1.66 bits per heavy atom. The molecule has 32 heavy (non-hydrogen) atoms. The Morgan fingerprint density at radius 1 is 0.938 bits per heavy atom. The molecule has 1 heterocycles. The van der Waals surface area contributed by atoms with E-state index in [2.05, 4.69) is 69.7 Å². The zero-order chi connectivity index (χ0) is 22.2. The van der Waals surface area contributed by atoms with E-state index in [1.54, 1.807) is 0 Å². The predicted molar refractivity (Wildman–Crippen MR) is 129 cm³/mol. The lowest BCUT2D eigenvalue weighted by molar-refractivity contribution is -0.121. The van der Waals surface area contributed by atoms with Gasteiger partial charge >= 0.3 is 0 Å². The number of benzene rings is 2. The monoisotopic (exact) mass is 430 g/mol. The van der Waals surface area contributed by atoms with E-state index in [1.807, 2.05) is 6.07 Å². The maximum Gasteiger partial charge on any atom is 0.234 e. The van der Waals surface area contributed by atoms with Gasteiger partial charge in [-0.05, 0) is 67.8 Å². The van der Waals surface area contributed by atoms with Gasteiger partial charge in [0.25, 0.3) is 0 Å². The van der Waals surface area contributed by atoms with Gasteiger partial charge in [-0.25, -0.2) is 0 Å². The number of carbonyl (C=O) groups is 1. The predicted octanol–water partition coefficient (Wildman–Crippen LogP) is 4.45. The van der Waals surface area contributed by atoms with Crippen LogP contribution in [-0.2, 0) is 4.79 Å². The number of hydrogen-bond donors (Lipinski definition) is 1. The van der Waals surface area contributed by atoms with Crippen molar-refractivity contribution >= 4 is 11.6 Å². The van der Waals surface area contributed by atoms with Crippen LogP contribution in [-0.4, -0.2) is 49.6 Å². The van der Waals surface area contributed by atoms with Crippen molar-refractivity contribution in [2.24, 2.45) is 5.92 Å². The zero-order valence-electron chi connectivity index (χ0n) is 18.9. The minimum atomic E-state index is -0.122. The van der Waals surface area contributed by atoms with Gasteiger partial charge in [0.05, 0.1) is 6.07 Å². The molecule has 1 saturated carbocycles. The number of amides is 1. The molecule has 1 aliphatic heterocycles. The summed E-state index contributed by atoms with van der Waals surface area (Å²) in [7, 11) is 0. The second kappa shape index (κ2) is 11.2. The minimum absolute atomic E-state index is 0.0253. The molecule has 5 nitrogen and oxygen atoms in total. The zero-order valence-corrected chi connectivity index (χ0v) is 18.9. The molecule has 0 radical (unpaired) electrons. The molecule has 4 rings (SSSR count). The van der Waals surface area contributed by atoms with Crippen molar-refractivity contribution in [2.75, 3.05) is 37.6 Å². The smallest absolute Gasteiger partial charge is 0.234 e. The van der Waals surface area contributed by atoms with Gasteiger partial charge in [0, 0.05) is 37.9 Å². The molecule has 2 aromatic carbocycles. The fourth-order valence-electron chi connectivity index (χ4n) is 5.05. The van der Waals surface area contributed by atoms with E-state index in [0.29, 0.717) is 0 Å². The van der Waals surface area contributed by atoms with Crippen LogP contribution in [0, 0.1) is 17.2 Å². The third-order valence-electron chi connectivity index (χ3n) is 7.00. The van der Waals surface area contributed by atoms with Crippen LogP contribution in [0.4, 0.5) is 5.69 Å². The van der Waals surface area contributed by atoms with E-state index in [0.717, 1.165) is 44.9 Å². The molecule has 2 aliphatic rings. The largest absolute Gasteiger partial charge is 0.369 e. The molecule has 0 aromatic heterocycles. The highest BCUT2D eigenvalue weighted by molar-refractivity contribution is 5.78. The number of nitrogens with one attached hydrogen (secondary N) is 1. The number of hydrogen-bond acceptors (Lipinski definition) is 4. The van der Waals surface area contributed by atoms with E-state index in [1.165, 1.54) is 42.6 Å². The molecule has 1 aliphatic carbocycles. The molecule has 1 saturated heterocycles. The molecule has 0 unspecified atom stereocenters. The summed E-state index contributed by atoms with van der Waals surface area (Å²) in [4.78, 5) is 16.7. The van der Waals surface area contributed by atoms with Crippen LogP contribution in [0.5, 0.6) is 0 Å². The quantitative estimate of drug-likeness (QED) is 0.705. The van der Waals surface area contributed by atoms with Crippen LogP contribution >= 0.6 is 0 Å². The standard InChI is InChI=1S/C27H34N4O/c28-15-13-27(32)29-25-11-9-22(10-12-25)14-16-30-17-19-31(20-18-30)26-8-4-7-24(21-26)23-5-2-1-3-6-23/h1-8,21-22,25H,9-14,16-20H2,(H,29,32)/t22-,25-. The van der Waals surface area contributed by atoms with Crippen molar-refractivity contribution in [3.05, 3.63) is 54.6 Å². The number of nitriles is 1. The molecule has 168 valence electrons. The maximum absolute atomic E-state index is 11.6. The molecule has 2 fully saturated rings. The average molecular weight is 431 g/mol. The number of nitrogens with zero attached hydrogens (tertiary/aromatic N) is 3. The van der Waals surface area contributed by atoms with Gasteiger partial charge in [0.2, 0.25) is 5.91 Å². The van der Waals surface area contributed by atoms with Gasteiger partial charge in [-0.15, -0.1) is 0 Å². The minimum Gasteiger partial charge on any atom is -0.369 e. The Bertz CT molecular complexity index is 907. The van der Waals surface area contributed by atoms with Crippen molar-refractivity contribution in [1.29, 1.82) is 5.26 Å². The molecule has 0 atom stereocenters. The van der Waals surface area contributed by atoms with Crippen LogP contribution < -0.4 is 10.2 Å². The van der Waals surface area contributed by atoms with Gasteiger partial charge in [-0.1, -0.05) is 42.5 Å². The Labute approximate surface area is 192 Å². The Morgan fingerprint density at radius 3 is 2.38 bits per heavy atom.